The van der Waals surface area contributed by atoms with Gasteiger partial charge in [0, 0.05) is 29.6 Å². The van der Waals surface area contributed by atoms with Gasteiger partial charge < -0.3 is 4.98 Å². The Bertz CT molecular complexity index is 592. The van der Waals surface area contributed by atoms with Gasteiger partial charge in [0.05, 0.1) is 15.1 Å². The quantitative estimate of drug-likeness (QED) is 0.783. The van der Waals surface area contributed by atoms with E-state index in [1.807, 2.05) is 0 Å². The first kappa shape index (κ1) is 11.5. The molecule has 0 fully saturated rings. The Morgan fingerprint density at radius 3 is 2.38 bits per heavy atom. The molecular formula is C11H6Cl3NO. The van der Waals surface area contributed by atoms with Gasteiger partial charge in [-0.1, -0.05) is 34.8 Å². The molecule has 1 aromatic carbocycles. The largest absolute Gasteiger partial charge is 0.367 e. The van der Waals surface area contributed by atoms with Crippen molar-refractivity contribution in [1.29, 1.82) is 0 Å². The number of rotatable bonds is 1. The first-order valence-corrected chi connectivity index (χ1v) is 5.55. The lowest BCUT2D eigenvalue weighted by Gasteiger charge is -2.07. The van der Waals surface area contributed by atoms with Gasteiger partial charge in [0.2, 0.25) is 0 Å². The van der Waals surface area contributed by atoms with E-state index in [9.17, 15) is 4.79 Å². The molecule has 0 unspecified atom stereocenters. The van der Waals surface area contributed by atoms with Gasteiger partial charge in [-0.25, -0.2) is 0 Å². The number of hydrogen-bond acceptors (Lipinski definition) is 1. The van der Waals surface area contributed by atoms with Crippen LogP contribution in [0.2, 0.25) is 15.1 Å². The van der Waals surface area contributed by atoms with Crippen LogP contribution in [0.15, 0.2) is 35.4 Å². The molecule has 0 amide bonds. The predicted molar refractivity (Wildman–Crippen MR) is 67.5 cm³/mol. The van der Waals surface area contributed by atoms with Crippen LogP contribution in [0.4, 0.5) is 0 Å². The molecule has 0 atom stereocenters. The van der Waals surface area contributed by atoms with Gasteiger partial charge in [0.25, 0.3) is 0 Å². The molecule has 0 aliphatic rings. The van der Waals surface area contributed by atoms with Crippen LogP contribution < -0.4 is 5.43 Å². The minimum absolute atomic E-state index is 0.162. The third-order valence-corrected chi connectivity index (χ3v) is 3.26. The zero-order chi connectivity index (χ0) is 11.7. The van der Waals surface area contributed by atoms with E-state index in [2.05, 4.69) is 4.98 Å². The fourth-order valence-electron chi connectivity index (χ4n) is 1.39. The summed E-state index contributed by atoms with van der Waals surface area (Å²) in [6.07, 6.45) is 3.09. The van der Waals surface area contributed by atoms with E-state index >= 15 is 0 Å². The fraction of sp³-hybridized carbons (Fsp3) is 0. The van der Waals surface area contributed by atoms with Crippen LogP contribution in [0.1, 0.15) is 0 Å². The van der Waals surface area contributed by atoms with Gasteiger partial charge in [-0.05, 0) is 12.1 Å². The normalized spacial score (nSPS) is 10.4. The topological polar surface area (TPSA) is 32.9 Å². The van der Waals surface area contributed by atoms with Gasteiger partial charge in [-0.15, -0.1) is 0 Å². The number of hydrogen-bond donors (Lipinski definition) is 1. The molecule has 0 saturated heterocycles. The molecule has 0 aliphatic carbocycles. The van der Waals surface area contributed by atoms with E-state index in [0.717, 1.165) is 0 Å². The summed E-state index contributed by atoms with van der Waals surface area (Å²) in [5.41, 5.74) is 0.697. The van der Waals surface area contributed by atoms with Gasteiger partial charge in [-0.2, -0.15) is 0 Å². The van der Waals surface area contributed by atoms with Gasteiger partial charge in [0.15, 0.2) is 5.43 Å². The summed E-state index contributed by atoms with van der Waals surface area (Å²) in [6, 6.07) is 4.60. The second kappa shape index (κ2) is 4.50. The van der Waals surface area contributed by atoms with Crippen LogP contribution in [0.25, 0.3) is 11.1 Å². The highest BCUT2D eigenvalue weighted by atomic mass is 35.5. The number of nitrogens with one attached hydrogen (secondary N) is 1. The SMILES string of the molecule is O=c1cc[nH]cc1-c1c(Cl)ccc(Cl)c1Cl. The highest BCUT2D eigenvalue weighted by Gasteiger charge is 2.13. The summed E-state index contributed by atoms with van der Waals surface area (Å²) in [7, 11) is 0. The molecule has 0 radical (unpaired) electrons. The monoisotopic (exact) mass is 273 g/mol. The lowest BCUT2D eigenvalue weighted by Crippen LogP contribution is -2.03. The maximum atomic E-state index is 11.7. The molecule has 1 heterocycles. The summed E-state index contributed by atoms with van der Waals surface area (Å²) in [4.78, 5) is 14.5. The summed E-state index contributed by atoms with van der Waals surface area (Å²) in [5, 5.41) is 1.04. The maximum absolute atomic E-state index is 11.7. The number of halogens is 3. The molecular weight excluding hydrogens is 268 g/mol. The molecule has 0 aliphatic heterocycles. The zero-order valence-corrected chi connectivity index (χ0v) is 10.2. The third-order valence-electron chi connectivity index (χ3n) is 2.14. The molecule has 82 valence electrons. The van der Waals surface area contributed by atoms with Crippen molar-refractivity contribution in [3.8, 4) is 11.1 Å². The van der Waals surface area contributed by atoms with Crippen LogP contribution in [0.5, 0.6) is 0 Å². The Hall–Kier alpha value is -0.960. The second-order valence-electron chi connectivity index (χ2n) is 3.14. The molecule has 2 aromatic rings. The van der Waals surface area contributed by atoms with Crippen molar-refractivity contribution in [2.24, 2.45) is 0 Å². The van der Waals surface area contributed by atoms with Crippen LogP contribution >= 0.6 is 34.8 Å². The number of benzene rings is 1. The van der Waals surface area contributed by atoms with Crippen molar-refractivity contribution in [1.82, 2.24) is 4.98 Å². The average Bonchev–Trinajstić information content (AvgIpc) is 2.27. The van der Waals surface area contributed by atoms with E-state index in [0.29, 0.717) is 21.2 Å². The Balaban J connectivity index is 2.79. The second-order valence-corrected chi connectivity index (χ2v) is 4.33. The number of pyridine rings is 1. The summed E-state index contributed by atoms with van der Waals surface area (Å²) >= 11 is 17.9. The van der Waals surface area contributed by atoms with Crippen molar-refractivity contribution < 1.29 is 0 Å². The highest BCUT2D eigenvalue weighted by molar-refractivity contribution is 6.46. The Labute approximate surface area is 107 Å². The maximum Gasteiger partial charge on any atom is 0.189 e. The van der Waals surface area contributed by atoms with Crippen molar-refractivity contribution in [3.05, 3.63) is 55.9 Å². The van der Waals surface area contributed by atoms with Crippen LogP contribution in [0, 0.1) is 0 Å². The summed E-state index contributed by atoms with van der Waals surface area (Å²) < 4.78 is 0. The fourth-order valence-corrected chi connectivity index (χ4v) is 2.12. The molecule has 1 aromatic heterocycles. The van der Waals surface area contributed by atoms with Gasteiger partial charge in [-0.3, -0.25) is 4.79 Å². The summed E-state index contributed by atoms with van der Waals surface area (Å²) in [6.45, 7) is 0. The van der Waals surface area contributed by atoms with Crippen LogP contribution in [0.3, 0.4) is 0 Å². The number of aromatic amines is 1. The first-order valence-electron chi connectivity index (χ1n) is 4.42. The number of aromatic nitrogens is 1. The van der Waals surface area contributed by atoms with Crippen molar-refractivity contribution >= 4 is 34.8 Å². The van der Waals surface area contributed by atoms with E-state index < -0.39 is 0 Å². The van der Waals surface area contributed by atoms with Gasteiger partial charge in [0.1, 0.15) is 0 Å². The average molecular weight is 275 g/mol. The molecule has 2 rings (SSSR count). The van der Waals surface area contributed by atoms with Crippen molar-refractivity contribution in [3.63, 3.8) is 0 Å². The predicted octanol–water partition coefficient (Wildman–Crippen LogP) is 4.00. The molecule has 2 nitrogen and oxygen atoms in total. The van der Waals surface area contributed by atoms with Crippen molar-refractivity contribution in [2.75, 3.05) is 0 Å². The van der Waals surface area contributed by atoms with Crippen LogP contribution in [-0.2, 0) is 0 Å². The Morgan fingerprint density at radius 1 is 1.00 bits per heavy atom. The molecule has 5 heteroatoms. The smallest absolute Gasteiger partial charge is 0.189 e. The minimum Gasteiger partial charge on any atom is -0.367 e. The van der Waals surface area contributed by atoms with Crippen LogP contribution in [-0.4, -0.2) is 4.98 Å². The molecule has 1 N–H and O–H groups in total. The molecule has 0 saturated carbocycles. The van der Waals surface area contributed by atoms with Gasteiger partial charge >= 0.3 is 0 Å². The standard InChI is InChI=1S/C11H6Cl3NO/c12-7-1-2-8(13)11(14)10(7)6-5-15-4-3-9(6)16/h1-5H,(H,15,16). The highest BCUT2D eigenvalue weighted by Crippen LogP contribution is 2.37. The Morgan fingerprint density at radius 2 is 1.69 bits per heavy atom. The molecule has 0 bridgehead atoms. The molecule has 16 heavy (non-hydrogen) atoms. The number of H-pyrrole nitrogens is 1. The van der Waals surface area contributed by atoms with E-state index in [4.69, 9.17) is 34.8 Å². The van der Waals surface area contributed by atoms with E-state index in [1.165, 1.54) is 12.3 Å². The Kier molecular flexibility index (Phi) is 3.24. The minimum atomic E-state index is -0.162. The first-order chi connectivity index (χ1) is 7.61. The summed E-state index contributed by atoms with van der Waals surface area (Å²) in [5.74, 6) is 0. The van der Waals surface area contributed by atoms with E-state index in [1.54, 1.807) is 18.3 Å². The zero-order valence-electron chi connectivity index (χ0n) is 7.93. The van der Waals surface area contributed by atoms with Crippen molar-refractivity contribution in [2.45, 2.75) is 0 Å². The van der Waals surface area contributed by atoms with E-state index in [-0.39, 0.29) is 10.5 Å². The lowest BCUT2D eigenvalue weighted by molar-refractivity contribution is 1.30. The third kappa shape index (κ3) is 1.96. The molecule has 0 spiro atoms. The lowest BCUT2D eigenvalue weighted by atomic mass is 10.1.